The van der Waals surface area contributed by atoms with Crippen LogP contribution < -0.4 is 15.2 Å². The van der Waals surface area contributed by atoms with E-state index in [0.717, 1.165) is 23.5 Å². The predicted octanol–water partition coefficient (Wildman–Crippen LogP) is 3.05. The second-order valence-corrected chi connectivity index (χ2v) is 5.19. The summed E-state index contributed by atoms with van der Waals surface area (Å²) in [6.45, 7) is 3.29. The lowest BCUT2D eigenvalue weighted by molar-refractivity contribution is 0.255. The third-order valence-electron chi connectivity index (χ3n) is 3.87. The Morgan fingerprint density at radius 3 is 3.10 bits per heavy atom. The number of nitrogens with zero attached hydrogens (tertiary/aromatic N) is 1. The van der Waals surface area contributed by atoms with Crippen LogP contribution in [0.5, 0.6) is 11.5 Å². The van der Waals surface area contributed by atoms with Gasteiger partial charge in [-0.15, -0.1) is 0 Å². The van der Waals surface area contributed by atoms with Crippen molar-refractivity contribution in [2.45, 2.75) is 25.3 Å². The van der Waals surface area contributed by atoms with E-state index in [1.807, 2.05) is 37.4 Å². The number of aromatic nitrogens is 1. The average molecular weight is 284 g/mol. The third-order valence-corrected chi connectivity index (χ3v) is 3.87. The molecule has 0 aliphatic carbocycles. The van der Waals surface area contributed by atoms with E-state index >= 15 is 0 Å². The number of pyridine rings is 1. The molecule has 4 heteroatoms. The fourth-order valence-corrected chi connectivity index (χ4v) is 2.84. The summed E-state index contributed by atoms with van der Waals surface area (Å²) in [5.41, 5.74) is 8.68. The first-order valence-corrected chi connectivity index (χ1v) is 7.34. The van der Waals surface area contributed by atoms with Gasteiger partial charge in [0, 0.05) is 18.2 Å². The summed E-state index contributed by atoms with van der Waals surface area (Å²) < 4.78 is 11.2. The Labute approximate surface area is 124 Å². The van der Waals surface area contributed by atoms with Crippen LogP contribution in [0.3, 0.4) is 0 Å². The van der Waals surface area contributed by atoms with Crippen molar-refractivity contribution in [3.8, 4) is 11.5 Å². The van der Waals surface area contributed by atoms with Gasteiger partial charge < -0.3 is 15.2 Å². The van der Waals surface area contributed by atoms with E-state index in [-0.39, 0.29) is 12.0 Å². The summed E-state index contributed by atoms with van der Waals surface area (Å²) in [7, 11) is 0. The fraction of sp³-hybridized carbons (Fsp3) is 0.353. The van der Waals surface area contributed by atoms with Gasteiger partial charge in [-0.2, -0.15) is 0 Å². The van der Waals surface area contributed by atoms with Crippen LogP contribution in [-0.4, -0.2) is 18.2 Å². The highest BCUT2D eigenvalue weighted by atomic mass is 16.5. The quantitative estimate of drug-likeness (QED) is 0.937. The summed E-state index contributed by atoms with van der Waals surface area (Å²) in [6.07, 6.45) is 4.46. The summed E-state index contributed by atoms with van der Waals surface area (Å²) in [5, 5.41) is 0. The third kappa shape index (κ3) is 2.85. The minimum atomic E-state index is -0.108. The van der Waals surface area contributed by atoms with Gasteiger partial charge in [0.2, 0.25) is 0 Å². The number of hydrogen-bond acceptors (Lipinski definition) is 4. The molecule has 0 radical (unpaired) electrons. The van der Waals surface area contributed by atoms with Crippen molar-refractivity contribution < 1.29 is 9.47 Å². The zero-order chi connectivity index (χ0) is 14.7. The highest BCUT2D eigenvalue weighted by Crippen LogP contribution is 2.40. The van der Waals surface area contributed by atoms with Crippen molar-refractivity contribution in [1.29, 1.82) is 0 Å². The van der Waals surface area contributed by atoms with Crippen LogP contribution in [0, 0.1) is 0 Å². The number of rotatable bonds is 4. The SMILES string of the molecule is CCOc1cncc(C(N)C2CCOc3ccccc32)c1. The minimum absolute atomic E-state index is 0.108. The zero-order valence-corrected chi connectivity index (χ0v) is 12.2. The highest BCUT2D eigenvalue weighted by Gasteiger charge is 2.27. The monoisotopic (exact) mass is 284 g/mol. The molecular formula is C17H20N2O2. The number of hydrogen-bond donors (Lipinski definition) is 1. The van der Waals surface area contributed by atoms with Gasteiger partial charge >= 0.3 is 0 Å². The lowest BCUT2D eigenvalue weighted by atomic mass is 9.84. The Bertz CT molecular complexity index is 615. The van der Waals surface area contributed by atoms with Crippen molar-refractivity contribution in [3.05, 3.63) is 53.9 Å². The number of ether oxygens (including phenoxy) is 2. The van der Waals surface area contributed by atoms with Crippen LogP contribution in [0.25, 0.3) is 0 Å². The fourth-order valence-electron chi connectivity index (χ4n) is 2.84. The predicted molar refractivity (Wildman–Crippen MR) is 81.6 cm³/mol. The largest absolute Gasteiger partial charge is 0.493 e. The molecule has 0 bridgehead atoms. The number of benzene rings is 1. The van der Waals surface area contributed by atoms with E-state index in [1.54, 1.807) is 6.20 Å². The standard InChI is InChI=1S/C17H20N2O2/c1-2-20-13-9-12(10-19-11-13)17(18)15-7-8-21-16-6-4-3-5-14(15)16/h3-6,9-11,15,17H,2,7-8,18H2,1H3. The van der Waals surface area contributed by atoms with E-state index in [0.29, 0.717) is 13.2 Å². The average Bonchev–Trinajstić information content (AvgIpc) is 2.54. The van der Waals surface area contributed by atoms with Crippen molar-refractivity contribution in [2.75, 3.05) is 13.2 Å². The van der Waals surface area contributed by atoms with Gasteiger partial charge in [-0.3, -0.25) is 4.98 Å². The van der Waals surface area contributed by atoms with Crippen molar-refractivity contribution in [2.24, 2.45) is 5.73 Å². The van der Waals surface area contributed by atoms with Gasteiger partial charge in [0.05, 0.1) is 19.4 Å². The molecule has 1 aliphatic heterocycles. The lowest BCUT2D eigenvalue weighted by Gasteiger charge is -2.30. The molecule has 21 heavy (non-hydrogen) atoms. The topological polar surface area (TPSA) is 57.4 Å². The van der Waals surface area contributed by atoms with Crippen molar-refractivity contribution in [1.82, 2.24) is 4.98 Å². The zero-order valence-electron chi connectivity index (χ0n) is 12.2. The van der Waals surface area contributed by atoms with Crippen molar-refractivity contribution >= 4 is 0 Å². The number of nitrogens with two attached hydrogens (primary N) is 1. The molecule has 2 aromatic rings. The molecule has 2 heterocycles. The van der Waals surface area contributed by atoms with Gasteiger partial charge in [-0.05, 0) is 36.6 Å². The molecule has 4 nitrogen and oxygen atoms in total. The second-order valence-electron chi connectivity index (χ2n) is 5.19. The molecule has 1 aromatic heterocycles. The first-order chi connectivity index (χ1) is 10.3. The van der Waals surface area contributed by atoms with Crippen molar-refractivity contribution in [3.63, 3.8) is 0 Å². The number of fused-ring (bicyclic) bond motifs is 1. The van der Waals surface area contributed by atoms with E-state index in [9.17, 15) is 0 Å². The van der Waals surface area contributed by atoms with Crippen LogP contribution >= 0.6 is 0 Å². The van der Waals surface area contributed by atoms with E-state index < -0.39 is 0 Å². The summed E-state index contributed by atoms with van der Waals surface area (Å²) >= 11 is 0. The molecule has 1 aliphatic rings. The molecule has 2 N–H and O–H groups in total. The second kappa shape index (κ2) is 6.14. The Morgan fingerprint density at radius 1 is 1.38 bits per heavy atom. The highest BCUT2D eigenvalue weighted by molar-refractivity contribution is 5.40. The molecule has 0 saturated heterocycles. The Hall–Kier alpha value is -2.07. The van der Waals surface area contributed by atoms with Gasteiger partial charge in [0.15, 0.2) is 0 Å². The summed E-state index contributed by atoms with van der Waals surface area (Å²) in [6, 6.07) is 10.00. The molecular weight excluding hydrogens is 264 g/mol. The van der Waals surface area contributed by atoms with Crippen LogP contribution in [0.15, 0.2) is 42.7 Å². The van der Waals surface area contributed by atoms with Crippen LogP contribution in [0.4, 0.5) is 0 Å². The molecule has 2 unspecified atom stereocenters. The molecule has 2 atom stereocenters. The molecule has 3 rings (SSSR count). The molecule has 110 valence electrons. The van der Waals surface area contributed by atoms with Crippen LogP contribution in [0.1, 0.15) is 36.4 Å². The molecule has 0 spiro atoms. The molecule has 0 amide bonds. The van der Waals surface area contributed by atoms with Gasteiger partial charge in [0.25, 0.3) is 0 Å². The normalized spacial score (nSPS) is 18.5. The van der Waals surface area contributed by atoms with E-state index in [4.69, 9.17) is 15.2 Å². The Kier molecular flexibility index (Phi) is 4.06. The van der Waals surface area contributed by atoms with Gasteiger partial charge in [-0.25, -0.2) is 0 Å². The summed E-state index contributed by atoms with van der Waals surface area (Å²) in [4.78, 5) is 4.24. The molecule has 1 aromatic carbocycles. The maximum absolute atomic E-state index is 6.50. The Morgan fingerprint density at radius 2 is 2.24 bits per heavy atom. The van der Waals surface area contributed by atoms with Gasteiger partial charge in [-0.1, -0.05) is 18.2 Å². The molecule has 0 saturated carbocycles. The minimum Gasteiger partial charge on any atom is -0.493 e. The number of para-hydroxylation sites is 1. The van der Waals surface area contributed by atoms with Crippen LogP contribution in [-0.2, 0) is 0 Å². The maximum atomic E-state index is 6.50. The first kappa shape index (κ1) is 13.9. The van der Waals surface area contributed by atoms with E-state index in [2.05, 4.69) is 11.1 Å². The smallest absolute Gasteiger partial charge is 0.137 e. The van der Waals surface area contributed by atoms with E-state index in [1.165, 1.54) is 5.56 Å². The van der Waals surface area contributed by atoms with Crippen LogP contribution in [0.2, 0.25) is 0 Å². The van der Waals surface area contributed by atoms with Gasteiger partial charge in [0.1, 0.15) is 11.5 Å². The Balaban J connectivity index is 1.89. The lowest BCUT2D eigenvalue weighted by Crippen LogP contribution is -2.25. The maximum Gasteiger partial charge on any atom is 0.137 e. The summed E-state index contributed by atoms with van der Waals surface area (Å²) in [5.74, 6) is 1.96. The first-order valence-electron chi connectivity index (χ1n) is 7.34. The molecule has 0 fully saturated rings.